The van der Waals surface area contributed by atoms with Crippen LogP contribution >= 0.6 is 0 Å². The lowest BCUT2D eigenvalue weighted by Crippen LogP contribution is -2.36. The molecule has 1 heterocycles. The molecule has 1 aliphatic rings. The van der Waals surface area contributed by atoms with Crippen LogP contribution in [0.5, 0.6) is 0 Å². The number of rotatable bonds is 7. The third-order valence-corrected chi connectivity index (χ3v) is 2.64. The zero-order valence-corrected chi connectivity index (χ0v) is 9.35. The molecule has 0 atom stereocenters. The summed E-state index contributed by atoms with van der Waals surface area (Å²) in [5.41, 5.74) is 0. The molecular weight excluding hydrogens is 204 g/mol. The number of carbonyl (C=O) groups is 1. The highest BCUT2D eigenvalue weighted by Gasteiger charge is 2.20. The van der Waals surface area contributed by atoms with Gasteiger partial charge in [-0.15, -0.1) is 0 Å². The first-order valence-corrected chi connectivity index (χ1v) is 5.79. The topological polar surface area (TPSA) is 59.0 Å². The van der Waals surface area contributed by atoms with E-state index in [1.54, 1.807) is 10.9 Å². The van der Waals surface area contributed by atoms with Crippen molar-refractivity contribution in [3.8, 4) is 0 Å². The molecule has 1 saturated carbocycles. The fourth-order valence-corrected chi connectivity index (χ4v) is 1.52. The van der Waals surface area contributed by atoms with E-state index < -0.39 is 0 Å². The van der Waals surface area contributed by atoms with Crippen molar-refractivity contribution < 1.29 is 4.79 Å². The van der Waals surface area contributed by atoms with Crippen molar-refractivity contribution >= 4 is 5.91 Å². The third-order valence-electron chi connectivity index (χ3n) is 2.64. The molecule has 16 heavy (non-hydrogen) atoms. The average molecular weight is 222 g/mol. The van der Waals surface area contributed by atoms with Crippen molar-refractivity contribution in [2.75, 3.05) is 19.6 Å². The van der Waals surface area contributed by atoms with E-state index in [1.165, 1.54) is 12.8 Å². The highest BCUT2D eigenvalue weighted by atomic mass is 16.1. The first kappa shape index (κ1) is 11.1. The van der Waals surface area contributed by atoms with Crippen LogP contribution in [0.1, 0.15) is 12.8 Å². The Hall–Kier alpha value is -1.36. The second kappa shape index (κ2) is 5.65. The first-order valence-electron chi connectivity index (χ1n) is 5.79. The molecule has 1 aromatic heterocycles. The second-order valence-corrected chi connectivity index (χ2v) is 4.19. The Morgan fingerprint density at radius 1 is 1.50 bits per heavy atom. The van der Waals surface area contributed by atoms with Crippen LogP contribution in [-0.2, 0) is 11.3 Å². The molecule has 5 heteroatoms. The van der Waals surface area contributed by atoms with Crippen molar-refractivity contribution in [2.45, 2.75) is 19.4 Å². The predicted molar refractivity (Wildman–Crippen MR) is 60.8 cm³/mol. The minimum atomic E-state index is 0.0628. The smallest absolute Gasteiger partial charge is 0.234 e. The summed E-state index contributed by atoms with van der Waals surface area (Å²) in [6.45, 7) is 2.76. The summed E-state index contributed by atoms with van der Waals surface area (Å²) in [4.78, 5) is 11.4. The Bertz CT molecular complexity index is 319. The predicted octanol–water partition coefficient (Wildman–Crippen LogP) is -0.00110. The molecule has 0 radical (unpaired) electrons. The highest BCUT2D eigenvalue weighted by Crippen LogP contribution is 2.27. The summed E-state index contributed by atoms with van der Waals surface area (Å²) in [6.07, 6.45) is 6.25. The largest absolute Gasteiger partial charge is 0.353 e. The van der Waals surface area contributed by atoms with Crippen molar-refractivity contribution in [1.82, 2.24) is 20.4 Å². The molecule has 2 N–H and O–H groups in total. The highest BCUT2D eigenvalue weighted by molar-refractivity contribution is 5.77. The van der Waals surface area contributed by atoms with E-state index in [9.17, 15) is 4.79 Å². The van der Waals surface area contributed by atoms with Crippen molar-refractivity contribution in [1.29, 1.82) is 0 Å². The van der Waals surface area contributed by atoms with Gasteiger partial charge in [-0.1, -0.05) is 0 Å². The molecule has 5 nitrogen and oxygen atoms in total. The number of carbonyl (C=O) groups excluding carboxylic acids is 1. The van der Waals surface area contributed by atoms with Crippen LogP contribution in [-0.4, -0.2) is 35.3 Å². The Morgan fingerprint density at radius 3 is 3.06 bits per heavy atom. The number of aromatic nitrogens is 2. The molecule has 1 fully saturated rings. The van der Waals surface area contributed by atoms with Gasteiger partial charge in [0.1, 0.15) is 0 Å². The van der Waals surface area contributed by atoms with Crippen LogP contribution in [0.4, 0.5) is 0 Å². The third kappa shape index (κ3) is 4.02. The summed E-state index contributed by atoms with van der Waals surface area (Å²) in [7, 11) is 0. The van der Waals surface area contributed by atoms with E-state index >= 15 is 0 Å². The molecule has 0 aromatic carbocycles. The van der Waals surface area contributed by atoms with Crippen LogP contribution in [0.25, 0.3) is 0 Å². The maximum absolute atomic E-state index is 11.4. The van der Waals surface area contributed by atoms with E-state index in [4.69, 9.17) is 0 Å². The maximum atomic E-state index is 11.4. The number of nitrogens with zero attached hydrogens (tertiary/aromatic N) is 2. The first-order chi connectivity index (χ1) is 7.84. The molecule has 1 aliphatic carbocycles. The van der Waals surface area contributed by atoms with Gasteiger partial charge in [0.15, 0.2) is 0 Å². The van der Waals surface area contributed by atoms with E-state index in [-0.39, 0.29) is 5.91 Å². The van der Waals surface area contributed by atoms with Gasteiger partial charge in [-0.2, -0.15) is 5.10 Å². The Balaban J connectivity index is 1.49. The summed E-state index contributed by atoms with van der Waals surface area (Å²) in [6, 6.07) is 1.87. The van der Waals surface area contributed by atoms with Gasteiger partial charge in [0.2, 0.25) is 5.91 Å². The minimum Gasteiger partial charge on any atom is -0.353 e. The summed E-state index contributed by atoms with van der Waals surface area (Å²) < 4.78 is 1.80. The zero-order valence-electron chi connectivity index (χ0n) is 9.35. The number of nitrogens with one attached hydrogen (secondary N) is 2. The molecular formula is C11H18N4O. The summed E-state index contributed by atoms with van der Waals surface area (Å²) in [5, 5.41) is 10.1. The second-order valence-electron chi connectivity index (χ2n) is 4.19. The molecule has 1 aromatic rings. The van der Waals surface area contributed by atoms with Crippen molar-refractivity contribution in [2.24, 2.45) is 5.92 Å². The van der Waals surface area contributed by atoms with Crippen LogP contribution in [0.3, 0.4) is 0 Å². The Labute approximate surface area is 95.2 Å². The normalized spacial score (nSPS) is 15.0. The van der Waals surface area contributed by atoms with Crippen LogP contribution < -0.4 is 10.6 Å². The van der Waals surface area contributed by atoms with Crippen LogP contribution in [0.2, 0.25) is 0 Å². The molecule has 0 saturated heterocycles. The molecule has 1 amide bonds. The molecule has 0 bridgehead atoms. The van der Waals surface area contributed by atoms with E-state index in [2.05, 4.69) is 15.7 Å². The van der Waals surface area contributed by atoms with Gasteiger partial charge in [-0.25, -0.2) is 0 Å². The number of hydrogen-bond donors (Lipinski definition) is 2. The lowest BCUT2D eigenvalue weighted by Gasteiger charge is -2.06. The van der Waals surface area contributed by atoms with Crippen molar-refractivity contribution in [3.05, 3.63) is 18.5 Å². The molecule has 88 valence electrons. The van der Waals surface area contributed by atoms with Crippen LogP contribution in [0.15, 0.2) is 18.5 Å². The molecule has 0 aliphatic heterocycles. The Kier molecular flexibility index (Phi) is 3.93. The lowest BCUT2D eigenvalue weighted by atomic mass is 10.4. The molecule has 0 unspecified atom stereocenters. The van der Waals surface area contributed by atoms with Gasteiger partial charge in [-0.05, 0) is 31.4 Å². The zero-order chi connectivity index (χ0) is 11.2. The maximum Gasteiger partial charge on any atom is 0.234 e. The standard InChI is InChI=1S/C11H18N4O/c16-11(9-12-8-10-2-3-10)13-5-7-15-6-1-4-14-15/h1,4,6,10,12H,2-3,5,7-9H2,(H,13,16). The SMILES string of the molecule is O=C(CNCC1CC1)NCCn1cccn1. The summed E-state index contributed by atoms with van der Waals surface area (Å²) in [5.74, 6) is 0.879. The van der Waals surface area contributed by atoms with Crippen molar-refractivity contribution in [3.63, 3.8) is 0 Å². The Morgan fingerprint density at radius 2 is 2.38 bits per heavy atom. The van der Waals surface area contributed by atoms with Gasteiger partial charge < -0.3 is 10.6 Å². The molecule has 0 spiro atoms. The van der Waals surface area contributed by atoms with Gasteiger partial charge >= 0.3 is 0 Å². The monoisotopic (exact) mass is 222 g/mol. The van der Waals surface area contributed by atoms with Gasteiger partial charge in [0.25, 0.3) is 0 Å². The van der Waals surface area contributed by atoms with E-state index in [0.29, 0.717) is 13.1 Å². The quantitative estimate of drug-likeness (QED) is 0.682. The average Bonchev–Trinajstić information content (AvgIpc) is 2.94. The number of amides is 1. The number of hydrogen-bond acceptors (Lipinski definition) is 3. The van der Waals surface area contributed by atoms with E-state index in [0.717, 1.165) is 19.0 Å². The van der Waals surface area contributed by atoms with E-state index in [1.807, 2.05) is 12.3 Å². The minimum absolute atomic E-state index is 0.0628. The summed E-state index contributed by atoms with van der Waals surface area (Å²) >= 11 is 0. The fraction of sp³-hybridized carbons (Fsp3) is 0.636. The van der Waals surface area contributed by atoms with Crippen LogP contribution in [0, 0.1) is 5.92 Å². The lowest BCUT2D eigenvalue weighted by molar-refractivity contribution is -0.120. The fourth-order valence-electron chi connectivity index (χ4n) is 1.52. The van der Waals surface area contributed by atoms with Gasteiger partial charge in [0, 0.05) is 18.9 Å². The van der Waals surface area contributed by atoms with Gasteiger partial charge in [0.05, 0.1) is 13.1 Å². The molecule has 2 rings (SSSR count). The van der Waals surface area contributed by atoms with Gasteiger partial charge in [-0.3, -0.25) is 9.48 Å².